The summed E-state index contributed by atoms with van der Waals surface area (Å²) in [7, 11) is 1.66. The van der Waals surface area contributed by atoms with Crippen LogP contribution in [0.1, 0.15) is 34.7 Å². The summed E-state index contributed by atoms with van der Waals surface area (Å²) >= 11 is 1.43. The van der Waals surface area contributed by atoms with Gasteiger partial charge in [0.15, 0.2) is 4.80 Å². The number of hydrogen-bond acceptors (Lipinski definition) is 5. The van der Waals surface area contributed by atoms with Crippen LogP contribution in [-0.4, -0.2) is 18.3 Å². The Kier molecular flexibility index (Phi) is 6.10. The Balaban J connectivity index is 1.54. The van der Waals surface area contributed by atoms with Crippen molar-refractivity contribution in [3.05, 3.63) is 133 Å². The number of fused-ring (bicyclic) bond motifs is 3. The van der Waals surface area contributed by atoms with Gasteiger partial charge in [0.1, 0.15) is 18.1 Å². The van der Waals surface area contributed by atoms with Crippen molar-refractivity contribution < 1.29 is 9.47 Å². The summed E-state index contributed by atoms with van der Waals surface area (Å²) in [4.78, 5) is 19.7. The minimum absolute atomic E-state index is 0.0348. The predicted molar refractivity (Wildman–Crippen MR) is 148 cm³/mol. The second kappa shape index (κ2) is 9.71. The highest BCUT2D eigenvalue weighted by Crippen LogP contribution is 2.41. The summed E-state index contributed by atoms with van der Waals surface area (Å²) in [5.41, 5.74) is 6.56. The molecule has 37 heavy (non-hydrogen) atoms. The number of methoxy groups -OCH3 is 1. The van der Waals surface area contributed by atoms with Crippen molar-refractivity contribution in [1.82, 2.24) is 4.57 Å². The number of allylic oxidation sites excluding steroid dienone is 1. The Labute approximate surface area is 219 Å². The fraction of sp³-hybridized carbons (Fsp3) is 0.161. The molecule has 0 spiro atoms. The number of hydrogen-bond donors (Lipinski definition) is 0. The first-order chi connectivity index (χ1) is 18.2. The molecule has 5 nitrogen and oxygen atoms in total. The molecule has 1 aliphatic carbocycles. The summed E-state index contributed by atoms with van der Waals surface area (Å²) in [6.45, 7) is 4.14. The molecule has 1 aromatic heterocycles. The molecule has 0 amide bonds. The molecule has 1 atom stereocenters. The minimum atomic E-state index is -0.213. The normalized spacial score (nSPS) is 16.4. The number of nitrogens with zero attached hydrogens (tertiary/aromatic N) is 2. The van der Waals surface area contributed by atoms with E-state index in [9.17, 15) is 4.79 Å². The number of ether oxygens (including phenoxy) is 2. The van der Waals surface area contributed by atoms with E-state index < -0.39 is 0 Å². The fourth-order valence-corrected chi connectivity index (χ4v) is 6.11. The van der Waals surface area contributed by atoms with E-state index in [1.807, 2.05) is 47.0 Å². The van der Waals surface area contributed by atoms with Crippen molar-refractivity contribution >= 4 is 23.1 Å². The highest BCUT2D eigenvalue weighted by Gasteiger charge is 2.32. The molecule has 0 saturated carbocycles. The Morgan fingerprint density at radius 1 is 1.05 bits per heavy atom. The molecule has 184 valence electrons. The molecule has 1 aliphatic heterocycles. The second-order valence-electron chi connectivity index (χ2n) is 9.06. The second-order valence-corrected chi connectivity index (χ2v) is 10.1. The van der Waals surface area contributed by atoms with Crippen LogP contribution in [0.25, 0.3) is 11.8 Å². The van der Waals surface area contributed by atoms with Crippen molar-refractivity contribution in [2.24, 2.45) is 4.99 Å². The SMILES string of the molecule is C=CCOc1cccc(C=c2sc3n(c2=O)C(c2ccc(OC)cc2)C2=C(N=3)c3ccccc3CC2)c1. The van der Waals surface area contributed by atoms with Gasteiger partial charge >= 0.3 is 0 Å². The highest BCUT2D eigenvalue weighted by atomic mass is 32.1. The number of benzene rings is 3. The minimum Gasteiger partial charge on any atom is -0.497 e. The zero-order chi connectivity index (χ0) is 25.4. The first kappa shape index (κ1) is 23.3. The lowest BCUT2D eigenvalue weighted by Gasteiger charge is -2.30. The van der Waals surface area contributed by atoms with Crippen LogP contribution in [0.15, 0.2) is 101 Å². The van der Waals surface area contributed by atoms with E-state index in [-0.39, 0.29) is 11.6 Å². The van der Waals surface area contributed by atoms with Crippen LogP contribution in [0.5, 0.6) is 11.5 Å². The lowest BCUT2D eigenvalue weighted by molar-refractivity contribution is 0.363. The molecule has 2 aliphatic rings. The lowest BCUT2D eigenvalue weighted by Crippen LogP contribution is -2.38. The van der Waals surface area contributed by atoms with Gasteiger partial charge in [0.2, 0.25) is 0 Å². The molecule has 1 unspecified atom stereocenters. The van der Waals surface area contributed by atoms with Crippen LogP contribution >= 0.6 is 11.3 Å². The van der Waals surface area contributed by atoms with E-state index in [0.29, 0.717) is 15.9 Å². The number of aryl methyl sites for hydroxylation is 1. The molecular formula is C31H26N2O3S. The average Bonchev–Trinajstić information content (AvgIpc) is 3.25. The molecule has 6 heteroatoms. The smallest absolute Gasteiger partial charge is 0.271 e. The first-order valence-corrected chi connectivity index (χ1v) is 13.1. The molecule has 2 heterocycles. The zero-order valence-corrected chi connectivity index (χ0v) is 21.3. The zero-order valence-electron chi connectivity index (χ0n) is 20.5. The van der Waals surface area contributed by atoms with E-state index in [0.717, 1.165) is 46.7 Å². The fourth-order valence-electron chi connectivity index (χ4n) is 5.11. The van der Waals surface area contributed by atoms with Gasteiger partial charge in [0.05, 0.1) is 23.4 Å². The Bertz CT molecular complexity index is 1710. The summed E-state index contributed by atoms with van der Waals surface area (Å²) < 4.78 is 13.6. The molecule has 0 bridgehead atoms. The van der Waals surface area contributed by atoms with Gasteiger partial charge in [-0.05, 0) is 65.4 Å². The molecule has 6 rings (SSSR count). The van der Waals surface area contributed by atoms with Gasteiger partial charge in [-0.25, -0.2) is 4.99 Å². The van der Waals surface area contributed by atoms with E-state index in [1.165, 1.54) is 22.5 Å². The number of thiazole rings is 1. The van der Waals surface area contributed by atoms with Crippen LogP contribution in [0.4, 0.5) is 0 Å². The van der Waals surface area contributed by atoms with Crippen LogP contribution in [0.3, 0.4) is 0 Å². The summed E-state index contributed by atoms with van der Waals surface area (Å²) in [5, 5.41) is 0. The summed E-state index contributed by atoms with van der Waals surface area (Å²) in [6, 6.07) is 24.0. The largest absolute Gasteiger partial charge is 0.497 e. The molecule has 4 aromatic rings. The van der Waals surface area contributed by atoms with Crippen LogP contribution < -0.4 is 24.4 Å². The Morgan fingerprint density at radius 2 is 1.89 bits per heavy atom. The molecular weight excluding hydrogens is 480 g/mol. The number of aromatic nitrogens is 1. The van der Waals surface area contributed by atoms with E-state index >= 15 is 0 Å². The molecule has 0 N–H and O–H groups in total. The van der Waals surface area contributed by atoms with Gasteiger partial charge in [-0.2, -0.15) is 0 Å². The van der Waals surface area contributed by atoms with Crippen LogP contribution in [0.2, 0.25) is 0 Å². The first-order valence-electron chi connectivity index (χ1n) is 12.3. The monoisotopic (exact) mass is 506 g/mol. The van der Waals surface area contributed by atoms with Gasteiger partial charge < -0.3 is 9.47 Å². The van der Waals surface area contributed by atoms with Gasteiger partial charge in [0.25, 0.3) is 5.56 Å². The summed E-state index contributed by atoms with van der Waals surface area (Å²) in [6.07, 6.45) is 5.42. The van der Waals surface area contributed by atoms with Crippen molar-refractivity contribution in [3.63, 3.8) is 0 Å². The maximum absolute atomic E-state index is 13.9. The standard InChI is InChI=1S/C31H26N2O3S/c1-3-17-36-24-9-6-7-20(18-24)19-27-30(34)33-29(22-11-14-23(35-2)15-12-22)26-16-13-21-8-4-5-10-25(21)28(26)32-31(33)37-27/h3-12,14-15,18-19,29H,1,13,16-17H2,2H3. The topological polar surface area (TPSA) is 52.8 Å². The van der Waals surface area contributed by atoms with Crippen LogP contribution in [-0.2, 0) is 6.42 Å². The van der Waals surface area contributed by atoms with Crippen molar-refractivity contribution in [2.75, 3.05) is 13.7 Å². The molecule has 3 aromatic carbocycles. The quantitative estimate of drug-likeness (QED) is 0.350. The maximum Gasteiger partial charge on any atom is 0.271 e. The Morgan fingerprint density at radius 3 is 2.70 bits per heavy atom. The molecule has 0 radical (unpaired) electrons. The third kappa shape index (κ3) is 4.23. The van der Waals surface area contributed by atoms with Crippen molar-refractivity contribution in [2.45, 2.75) is 18.9 Å². The van der Waals surface area contributed by atoms with Crippen molar-refractivity contribution in [3.8, 4) is 11.5 Å². The third-order valence-corrected chi connectivity index (χ3v) is 7.81. The van der Waals surface area contributed by atoms with E-state index in [2.05, 4.69) is 43.0 Å². The van der Waals surface area contributed by atoms with Gasteiger partial charge in [-0.15, -0.1) is 0 Å². The van der Waals surface area contributed by atoms with E-state index in [1.54, 1.807) is 13.2 Å². The van der Waals surface area contributed by atoms with Crippen LogP contribution in [0, 0.1) is 0 Å². The average molecular weight is 507 g/mol. The van der Waals surface area contributed by atoms with Gasteiger partial charge in [-0.1, -0.05) is 72.5 Å². The predicted octanol–water partition coefficient (Wildman–Crippen LogP) is 4.89. The number of rotatable bonds is 6. The molecule has 0 fully saturated rings. The Hall–Kier alpha value is -4.16. The van der Waals surface area contributed by atoms with E-state index in [4.69, 9.17) is 14.5 Å². The van der Waals surface area contributed by atoms with Gasteiger partial charge in [0, 0.05) is 5.56 Å². The maximum atomic E-state index is 13.9. The third-order valence-electron chi connectivity index (χ3n) is 6.83. The van der Waals surface area contributed by atoms with Crippen molar-refractivity contribution in [1.29, 1.82) is 0 Å². The van der Waals surface area contributed by atoms with Gasteiger partial charge in [-0.3, -0.25) is 9.36 Å². The lowest BCUT2D eigenvalue weighted by atomic mass is 9.83. The highest BCUT2D eigenvalue weighted by molar-refractivity contribution is 7.07. The molecule has 0 saturated heterocycles. The summed E-state index contributed by atoms with van der Waals surface area (Å²) in [5.74, 6) is 1.53.